The molecule has 334 valence electrons. The molecule has 0 amide bonds. The summed E-state index contributed by atoms with van der Waals surface area (Å²) in [5.41, 5.74) is 12.3. The van der Waals surface area contributed by atoms with Crippen LogP contribution in [0.3, 0.4) is 0 Å². The molecule has 27 heteroatoms. The highest BCUT2D eigenvalue weighted by molar-refractivity contribution is 8.54. The number of halogens is 2. The van der Waals surface area contributed by atoms with Gasteiger partial charge in [0.2, 0.25) is 13.5 Å². The smallest absolute Gasteiger partial charge is 0.389 e. The molecule has 64 heavy (non-hydrogen) atoms. The summed E-state index contributed by atoms with van der Waals surface area (Å²) in [7, 11) is 1.25. The van der Waals surface area contributed by atoms with Gasteiger partial charge >= 0.3 is 12.8 Å². The van der Waals surface area contributed by atoms with Gasteiger partial charge in [0.1, 0.15) is 41.4 Å². The number of alkyl halides is 2. The van der Waals surface area contributed by atoms with Crippen LogP contribution in [0.5, 0.6) is 11.5 Å². The van der Waals surface area contributed by atoms with Crippen molar-refractivity contribution >= 4 is 73.2 Å². The molecule has 6 aromatic rings. The number of H-pyrrole nitrogens is 1. The van der Waals surface area contributed by atoms with Gasteiger partial charge in [-0.05, 0) is 66.3 Å². The highest BCUT2D eigenvalue weighted by atomic mass is 32.7. The minimum Gasteiger partial charge on any atom is -0.494 e. The van der Waals surface area contributed by atoms with E-state index in [0.29, 0.717) is 34.9 Å². The van der Waals surface area contributed by atoms with Crippen molar-refractivity contribution in [3.63, 3.8) is 0 Å². The number of rotatable bonds is 9. The zero-order chi connectivity index (χ0) is 44.9. The van der Waals surface area contributed by atoms with Crippen LogP contribution in [0.4, 0.5) is 20.4 Å². The fourth-order valence-corrected chi connectivity index (χ4v) is 11.6. The first-order valence-electron chi connectivity index (χ1n) is 19.4. The largest absolute Gasteiger partial charge is 0.494 e. The number of carbonyl (C=O) groups is 1. The van der Waals surface area contributed by atoms with E-state index in [4.69, 9.17) is 56.1 Å². The van der Waals surface area contributed by atoms with E-state index in [1.54, 1.807) is 36.4 Å². The molecule has 0 aliphatic carbocycles. The Morgan fingerprint density at radius 3 is 2.19 bits per heavy atom. The van der Waals surface area contributed by atoms with Crippen molar-refractivity contribution in [1.82, 2.24) is 34.1 Å². The van der Waals surface area contributed by atoms with E-state index in [2.05, 4.69) is 24.9 Å². The Morgan fingerprint density at radius 2 is 1.50 bits per heavy atom. The van der Waals surface area contributed by atoms with Crippen LogP contribution < -0.4 is 26.5 Å². The molecule has 9 rings (SSSR count). The number of fused-ring (bicyclic) bond motifs is 4. The third kappa shape index (κ3) is 8.79. The minimum atomic E-state index is -4.74. The number of carbonyl (C=O) groups excluding carboxylic acids is 1. The average molecular weight is 942 g/mol. The second-order valence-electron chi connectivity index (χ2n) is 14.5. The highest BCUT2D eigenvalue weighted by Gasteiger charge is 2.54. The molecule has 0 saturated carbocycles. The Balaban J connectivity index is 0.990. The van der Waals surface area contributed by atoms with Gasteiger partial charge in [0.15, 0.2) is 41.6 Å². The van der Waals surface area contributed by atoms with Gasteiger partial charge in [-0.25, -0.2) is 33.1 Å². The lowest BCUT2D eigenvalue weighted by molar-refractivity contribution is -0.0546. The summed E-state index contributed by atoms with van der Waals surface area (Å²) in [4.78, 5) is 44.1. The summed E-state index contributed by atoms with van der Waals surface area (Å²) in [5, 5.41) is 0. The van der Waals surface area contributed by atoms with Crippen LogP contribution >= 0.6 is 25.7 Å². The fourth-order valence-electron chi connectivity index (χ4n) is 7.24. The monoisotopic (exact) mass is 941 g/mol. The zero-order valence-corrected chi connectivity index (χ0v) is 35.9. The Hall–Kier alpha value is -5.23. The van der Waals surface area contributed by atoms with Gasteiger partial charge in [-0.1, -0.05) is 12.1 Å². The normalized spacial score (nSPS) is 29.7. The number of ether oxygens (including phenoxy) is 4. The van der Waals surface area contributed by atoms with Crippen molar-refractivity contribution < 1.29 is 59.7 Å². The maximum Gasteiger partial charge on any atom is 0.389 e. The first kappa shape index (κ1) is 44.0. The van der Waals surface area contributed by atoms with E-state index >= 15 is 8.78 Å². The lowest BCUT2D eigenvalue weighted by Gasteiger charge is -2.30. The van der Waals surface area contributed by atoms with Crippen molar-refractivity contribution in [1.29, 1.82) is 0 Å². The van der Waals surface area contributed by atoms with Gasteiger partial charge in [-0.15, -0.1) is 0 Å². The molecule has 0 spiro atoms. The molecular weight excluding hydrogens is 905 g/mol. The van der Waals surface area contributed by atoms with E-state index < -0.39 is 88.2 Å². The van der Waals surface area contributed by atoms with Crippen molar-refractivity contribution in [2.45, 2.75) is 61.9 Å². The van der Waals surface area contributed by atoms with Crippen LogP contribution in [0.15, 0.2) is 78.2 Å². The molecule has 0 unspecified atom stereocenters. The number of nitrogens with one attached hydrogen (secondary N) is 1. The predicted molar refractivity (Wildman–Crippen MR) is 225 cm³/mol. The molecule has 21 nitrogen and oxygen atoms in total. The molecular formula is C37H36BF2N9O12P2S. The zero-order valence-electron chi connectivity index (χ0n) is 33.2. The lowest BCUT2D eigenvalue weighted by atomic mass is 10.1. The molecule has 10 atom stereocenters. The number of nitrogens with zero attached hydrogens (tertiary/aromatic N) is 6. The van der Waals surface area contributed by atoms with Crippen LogP contribution in [-0.2, 0) is 42.5 Å². The van der Waals surface area contributed by atoms with E-state index in [1.807, 2.05) is 6.92 Å². The van der Waals surface area contributed by atoms with Gasteiger partial charge in [0, 0.05) is 11.9 Å². The highest BCUT2D eigenvalue weighted by Crippen LogP contribution is 2.65. The SMILES string of the molecule is [B][P@@]1(=O)OC[C@H]2O[C@@H](n3cnc4c(N)ccnc43)[C@H](F)[C@@H]2O[P@@](=O)(SCc2ccc(OC(=O)c3ccc(OCC)cc3)cc2)OC[C@H]2O[C@@H](n3cnc4c(=O)[nH]c(N)nc43)[C@H](F)[C@@H]2O1. The molecule has 2 aromatic carbocycles. The van der Waals surface area contributed by atoms with Crippen molar-refractivity contribution in [2.75, 3.05) is 31.3 Å². The fraction of sp³-hybridized carbons (Fsp3) is 0.351. The minimum absolute atomic E-state index is 0.0741. The number of nitrogens with two attached hydrogens (primary N) is 2. The summed E-state index contributed by atoms with van der Waals surface area (Å²) in [6, 6.07) is 14.2. The number of hydrogen-bond donors (Lipinski definition) is 3. The number of nitrogen functional groups attached to an aromatic ring is 2. The molecule has 5 N–H and O–H groups in total. The molecule has 4 aromatic heterocycles. The topological polar surface area (TPSA) is 271 Å². The Bertz CT molecular complexity index is 2860. The maximum absolute atomic E-state index is 16.8. The van der Waals surface area contributed by atoms with Gasteiger partial charge in [-0.3, -0.25) is 32.5 Å². The number of imidazole rings is 2. The van der Waals surface area contributed by atoms with E-state index in [-0.39, 0.29) is 45.5 Å². The molecule has 2 radical (unpaired) electrons. The average Bonchev–Trinajstić information content (AvgIpc) is 4.04. The third-order valence-electron chi connectivity index (χ3n) is 10.3. The number of pyridine rings is 1. The van der Waals surface area contributed by atoms with Gasteiger partial charge in [-0.2, -0.15) is 4.98 Å². The summed E-state index contributed by atoms with van der Waals surface area (Å²) in [6.07, 6.45) is -10.3. The third-order valence-corrected chi connectivity index (χ3v) is 15.0. The molecule has 7 heterocycles. The molecule has 3 aliphatic heterocycles. The van der Waals surface area contributed by atoms with Crippen molar-refractivity contribution in [3.05, 3.63) is 94.9 Å². The molecule has 3 saturated heterocycles. The Morgan fingerprint density at radius 1 is 0.875 bits per heavy atom. The van der Waals surface area contributed by atoms with E-state index in [1.165, 1.54) is 35.3 Å². The summed E-state index contributed by atoms with van der Waals surface area (Å²) in [5.74, 6) is -0.170. The van der Waals surface area contributed by atoms with Crippen molar-refractivity contribution in [2.24, 2.45) is 0 Å². The van der Waals surface area contributed by atoms with Gasteiger partial charge in [0.05, 0.1) is 43.7 Å². The Kier molecular flexibility index (Phi) is 12.1. The number of aromatic amines is 1. The van der Waals surface area contributed by atoms with Crippen LogP contribution in [0.2, 0.25) is 0 Å². The van der Waals surface area contributed by atoms with E-state index in [9.17, 15) is 18.7 Å². The summed E-state index contributed by atoms with van der Waals surface area (Å²) < 4.78 is 110. The Labute approximate surface area is 365 Å². The first-order valence-corrected chi connectivity index (χ1v) is 24.1. The van der Waals surface area contributed by atoms with Crippen LogP contribution in [0.1, 0.15) is 35.3 Å². The number of hydrogen-bond acceptors (Lipinski definition) is 19. The standard InChI is InChI=1S/C37H36BF2N9O12P2S/c1-2-54-20-9-5-19(6-10-20)36(51)57-21-7-3-18(4-8-21)15-64-63(53)56-14-24-29(25(39)35(59-24)49-17-45-28-32(49)46-37(42)47-33(28)50)60-62(38,52)55-13-23-30(61-63)26(40)34(58-23)48-16-44-27-22(41)11-12-43-31(27)48/h3-12,16-17,23-26,29-30,34-35H,2,13-15H2,1H3,(H2,41,43)(H3,42,46,47,50)/t23-,24-,25-,26-,29-,30-,34-,35-,62-,63+/m1/s1. The van der Waals surface area contributed by atoms with E-state index in [0.717, 1.165) is 10.9 Å². The number of benzene rings is 2. The molecule has 0 bridgehead atoms. The first-order chi connectivity index (χ1) is 30.7. The number of anilines is 2. The summed E-state index contributed by atoms with van der Waals surface area (Å²) >= 11 is 0.651. The number of aromatic nitrogens is 7. The van der Waals surface area contributed by atoms with Crippen LogP contribution in [-0.4, -0.2) is 104 Å². The maximum atomic E-state index is 16.8. The van der Waals surface area contributed by atoms with Crippen LogP contribution in [0, 0.1) is 0 Å². The molecule has 3 fully saturated rings. The summed E-state index contributed by atoms with van der Waals surface area (Å²) in [6.45, 7) is -3.80. The van der Waals surface area contributed by atoms with Crippen LogP contribution in [0.25, 0.3) is 22.3 Å². The quantitative estimate of drug-likeness (QED) is 0.0748. The van der Waals surface area contributed by atoms with Gasteiger partial charge in [0.25, 0.3) is 13.0 Å². The van der Waals surface area contributed by atoms with Crippen molar-refractivity contribution in [3.8, 4) is 11.5 Å². The van der Waals surface area contributed by atoms with Gasteiger partial charge < -0.3 is 39.5 Å². The lowest BCUT2D eigenvalue weighted by Crippen LogP contribution is -2.37. The predicted octanol–water partition coefficient (Wildman–Crippen LogP) is 4.95. The second kappa shape index (κ2) is 17.6. The number of esters is 1. The second-order valence-corrected chi connectivity index (χ2v) is 20.1. The molecule has 3 aliphatic rings.